The van der Waals surface area contributed by atoms with Crippen LogP contribution in [0.15, 0.2) is 44.7 Å². The van der Waals surface area contributed by atoms with Crippen LogP contribution < -0.4 is 27.3 Å². The van der Waals surface area contributed by atoms with Gasteiger partial charge in [0.15, 0.2) is 5.82 Å². The van der Waals surface area contributed by atoms with Crippen LogP contribution in [0.3, 0.4) is 0 Å². The minimum atomic E-state index is -1.44. The summed E-state index contributed by atoms with van der Waals surface area (Å²) in [5, 5.41) is 16.2. The number of pyridine rings is 1. The number of aromatic nitrogens is 3. The van der Waals surface area contributed by atoms with Gasteiger partial charge in [-0.25, -0.2) is 18.4 Å². The summed E-state index contributed by atoms with van der Waals surface area (Å²) in [6.45, 7) is 5.35. The van der Waals surface area contributed by atoms with Gasteiger partial charge in [-0.1, -0.05) is 17.7 Å². The summed E-state index contributed by atoms with van der Waals surface area (Å²) in [5.74, 6) is -3.37. The maximum atomic E-state index is 16.4. The number of hydrogen-bond donors (Lipinski definition) is 5. The molecule has 5 N–H and O–H groups in total. The van der Waals surface area contributed by atoms with Crippen LogP contribution in [0.2, 0.25) is 5.02 Å². The van der Waals surface area contributed by atoms with Crippen molar-refractivity contribution in [1.82, 2.24) is 24.8 Å². The molecular formula is C33H35ClF2N6O5. The molecule has 1 aliphatic heterocycles. The molecule has 3 heterocycles. The Morgan fingerprint density at radius 2 is 1.91 bits per heavy atom. The van der Waals surface area contributed by atoms with Crippen molar-refractivity contribution in [2.45, 2.75) is 64.1 Å². The molecule has 2 atom stereocenters. The van der Waals surface area contributed by atoms with Crippen LogP contribution in [-0.4, -0.2) is 56.2 Å². The van der Waals surface area contributed by atoms with Crippen LogP contribution in [0, 0.1) is 18.6 Å². The van der Waals surface area contributed by atoms with Gasteiger partial charge in [-0.15, -0.1) is 0 Å². The highest BCUT2D eigenvalue weighted by atomic mass is 35.5. The van der Waals surface area contributed by atoms with E-state index in [0.717, 1.165) is 16.2 Å². The van der Waals surface area contributed by atoms with Gasteiger partial charge in [-0.05, 0) is 63.3 Å². The molecule has 2 aromatic heterocycles. The molecule has 14 heteroatoms. The minimum Gasteiger partial charge on any atom is -0.477 e. The molecule has 2 aliphatic rings. The SMILES string of the molecule is Cc1ccc(Nc2cc(=O)n(CCC[C@H](c3c(F)cc4c(=O)c(C(=O)O)c(C5CC5)[nH]c4c3F)N3CCNC(C)C3)c(=O)[nH]2)cc1Cl. The molecule has 248 valence electrons. The summed E-state index contributed by atoms with van der Waals surface area (Å²) in [4.78, 5) is 58.5. The fourth-order valence-corrected chi connectivity index (χ4v) is 6.59. The van der Waals surface area contributed by atoms with E-state index >= 15 is 8.78 Å². The van der Waals surface area contributed by atoms with Crippen molar-refractivity contribution >= 4 is 40.0 Å². The number of carboxylic acids is 1. The van der Waals surface area contributed by atoms with Gasteiger partial charge in [0.2, 0.25) is 5.43 Å². The van der Waals surface area contributed by atoms with Crippen LogP contribution >= 0.6 is 11.6 Å². The number of aryl methyl sites for hydroxylation is 1. The van der Waals surface area contributed by atoms with Crippen LogP contribution in [0.1, 0.15) is 71.7 Å². The van der Waals surface area contributed by atoms with E-state index in [1.807, 2.05) is 18.7 Å². The van der Waals surface area contributed by atoms with Crippen molar-refractivity contribution in [3.8, 4) is 0 Å². The van der Waals surface area contributed by atoms with E-state index in [2.05, 4.69) is 20.6 Å². The van der Waals surface area contributed by atoms with Gasteiger partial charge in [0, 0.05) is 72.2 Å². The van der Waals surface area contributed by atoms with Gasteiger partial charge in [0.25, 0.3) is 5.56 Å². The zero-order chi connectivity index (χ0) is 33.6. The number of benzene rings is 2. The lowest BCUT2D eigenvalue weighted by atomic mass is 9.95. The molecule has 11 nitrogen and oxygen atoms in total. The second-order valence-electron chi connectivity index (χ2n) is 12.4. The number of carbonyl (C=O) groups is 1. The Morgan fingerprint density at radius 3 is 2.57 bits per heavy atom. The maximum Gasteiger partial charge on any atom is 0.341 e. The number of fused-ring (bicyclic) bond motifs is 1. The number of anilines is 2. The first-order valence-corrected chi connectivity index (χ1v) is 16.0. The average Bonchev–Trinajstić information content (AvgIpc) is 3.85. The molecule has 1 unspecified atom stereocenters. The molecule has 0 amide bonds. The van der Waals surface area contributed by atoms with Gasteiger partial charge in [-0.2, -0.15) is 0 Å². The van der Waals surface area contributed by atoms with Crippen molar-refractivity contribution in [3.63, 3.8) is 0 Å². The predicted molar refractivity (Wildman–Crippen MR) is 175 cm³/mol. The average molecular weight is 669 g/mol. The molecule has 6 rings (SSSR count). The van der Waals surface area contributed by atoms with Gasteiger partial charge in [-0.3, -0.25) is 24.0 Å². The van der Waals surface area contributed by atoms with Crippen molar-refractivity contribution in [3.05, 3.63) is 100 Å². The van der Waals surface area contributed by atoms with Crippen molar-refractivity contribution < 1.29 is 18.7 Å². The molecule has 0 spiro atoms. The van der Waals surface area contributed by atoms with E-state index in [9.17, 15) is 24.3 Å². The lowest BCUT2D eigenvalue weighted by Gasteiger charge is -2.38. The summed E-state index contributed by atoms with van der Waals surface area (Å²) in [6, 6.07) is 6.65. The number of halogens is 3. The molecule has 0 radical (unpaired) electrons. The van der Waals surface area contributed by atoms with Gasteiger partial charge >= 0.3 is 11.7 Å². The van der Waals surface area contributed by atoms with Crippen LogP contribution in [0.4, 0.5) is 20.3 Å². The standard InChI is InChI=1S/C33H35ClF2N6O5/c1-16-5-8-19(12-21(16)34)38-24-14-25(43)42(33(47)39-24)10-3-4-23(41-11-9-37-17(2)15-41)26-22(35)13-20-30(28(26)36)40-29(18-6-7-18)27(31(20)44)32(45)46/h5,8,12-14,17-18,23,37-38H,3-4,6-7,9-11,15H2,1-2H3,(H,39,47)(H,40,44)(H,45,46)/t17?,23-/m1/s1. The summed E-state index contributed by atoms with van der Waals surface area (Å²) in [5.41, 5.74) is -1.46. The first-order chi connectivity index (χ1) is 22.4. The number of carboxylic acid groups (broad SMARTS) is 1. The van der Waals surface area contributed by atoms with E-state index in [0.29, 0.717) is 43.2 Å². The Morgan fingerprint density at radius 1 is 1.15 bits per heavy atom. The Labute approximate surface area is 272 Å². The number of nitrogens with one attached hydrogen (secondary N) is 4. The predicted octanol–water partition coefficient (Wildman–Crippen LogP) is 4.75. The van der Waals surface area contributed by atoms with Crippen molar-refractivity contribution in [2.75, 3.05) is 25.0 Å². The molecule has 0 bridgehead atoms. The number of nitrogens with zero attached hydrogens (tertiary/aromatic N) is 2. The normalized spacial score (nSPS) is 17.6. The highest BCUT2D eigenvalue weighted by molar-refractivity contribution is 6.31. The first kappa shape index (κ1) is 32.6. The van der Waals surface area contributed by atoms with E-state index in [4.69, 9.17) is 11.6 Å². The van der Waals surface area contributed by atoms with Crippen molar-refractivity contribution in [2.24, 2.45) is 0 Å². The molecule has 47 heavy (non-hydrogen) atoms. The fourth-order valence-electron chi connectivity index (χ4n) is 6.41. The third-order valence-corrected chi connectivity index (χ3v) is 9.37. The summed E-state index contributed by atoms with van der Waals surface area (Å²) < 4.78 is 33.4. The number of aromatic amines is 2. The first-order valence-electron chi connectivity index (χ1n) is 15.6. The monoisotopic (exact) mass is 668 g/mol. The number of aromatic carboxylic acids is 1. The molecular weight excluding hydrogens is 634 g/mol. The summed E-state index contributed by atoms with van der Waals surface area (Å²) in [6.07, 6.45) is 1.74. The van der Waals surface area contributed by atoms with E-state index in [1.54, 1.807) is 18.2 Å². The van der Waals surface area contributed by atoms with Gasteiger partial charge in [0.1, 0.15) is 17.2 Å². The molecule has 1 saturated heterocycles. The van der Waals surface area contributed by atoms with E-state index in [-0.39, 0.29) is 59.3 Å². The minimum absolute atomic E-state index is 0.00952. The third kappa shape index (κ3) is 6.60. The number of rotatable bonds is 10. The Balaban J connectivity index is 1.31. The zero-order valence-corrected chi connectivity index (χ0v) is 26.6. The Bertz CT molecular complexity index is 2030. The zero-order valence-electron chi connectivity index (χ0n) is 25.9. The Kier molecular flexibility index (Phi) is 9.05. The van der Waals surface area contributed by atoms with Crippen LogP contribution in [0.25, 0.3) is 10.9 Å². The maximum absolute atomic E-state index is 16.4. The summed E-state index contributed by atoms with van der Waals surface area (Å²) >= 11 is 6.18. The fraction of sp³-hybridized carbons (Fsp3) is 0.394. The topological polar surface area (TPSA) is 152 Å². The molecule has 1 aliphatic carbocycles. The number of piperazine rings is 1. The number of hydrogen-bond acceptors (Lipinski definition) is 7. The van der Waals surface area contributed by atoms with E-state index < -0.39 is 45.9 Å². The molecule has 2 fully saturated rings. The molecule has 4 aromatic rings. The lowest BCUT2D eigenvalue weighted by molar-refractivity contribution is 0.0694. The highest BCUT2D eigenvalue weighted by Gasteiger charge is 2.35. The number of H-pyrrole nitrogens is 2. The second-order valence-corrected chi connectivity index (χ2v) is 12.8. The lowest BCUT2D eigenvalue weighted by Crippen LogP contribution is -2.50. The summed E-state index contributed by atoms with van der Waals surface area (Å²) in [7, 11) is 0. The van der Waals surface area contributed by atoms with Gasteiger partial charge < -0.3 is 20.7 Å². The largest absolute Gasteiger partial charge is 0.477 e. The smallest absolute Gasteiger partial charge is 0.341 e. The van der Waals surface area contributed by atoms with Crippen molar-refractivity contribution in [1.29, 1.82) is 0 Å². The second kappa shape index (κ2) is 13.1. The van der Waals surface area contributed by atoms with Crippen LogP contribution in [-0.2, 0) is 6.54 Å². The van der Waals surface area contributed by atoms with Gasteiger partial charge in [0.05, 0.1) is 10.9 Å². The quantitative estimate of drug-likeness (QED) is 0.162. The van der Waals surface area contributed by atoms with Crippen LogP contribution in [0.5, 0.6) is 0 Å². The molecule has 2 aromatic carbocycles. The molecule has 1 saturated carbocycles. The highest BCUT2D eigenvalue weighted by Crippen LogP contribution is 2.41. The van der Waals surface area contributed by atoms with E-state index in [1.165, 1.54) is 6.07 Å². The third-order valence-electron chi connectivity index (χ3n) is 8.96. The Hall–Kier alpha value is -4.33.